The smallest absolute Gasteiger partial charge is 0.251 e. The standard InChI is InChI=1S/C19H14ClN3O3S/c1-11(24)12-2-6-14(7-3-12)21-10-16-17(25)22-19(27)23(18(16)26)15-8-4-13(20)5-9-15/h2-10,16H,1H3,(H,22,25,27)/t16-/m1/s1. The van der Waals surface area contributed by atoms with Gasteiger partial charge in [0.05, 0.1) is 11.4 Å². The van der Waals surface area contributed by atoms with Gasteiger partial charge in [-0.1, -0.05) is 11.6 Å². The molecule has 0 unspecified atom stereocenters. The molecule has 0 aromatic heterocycles. The van der Waals surface area contributed by atoms with Gasteiger partial charge >= 0.3 is 0 Å². The van der Waals surface area contributed by atoms with Crippen LogP contribution in [-0.4, -0.2) is 28.9 Å². The zero-order valence-electron chi connectivity index (χ0n) is 14.2. The van der Waals surface area contributed by atoms with Crippen molar-refractivity contribution < 1.29 is 14.4 Å². The van der Waals surface area contributed by atoms with E-state index in [0.29, 0.717) is 22.0 Å². The first-order chi connectivity index (χ1) is 12.9. The van der Waals surface area contributed by atoms with E-state index in [1.165, 1.54) is 18.0 Å². The Balaban J connectivity index is 1.84. The van der Waals surface area contributed by atoms with Gasteiger partial charge in [0.2, 0.25) is 5.91 Å². The number of Topliss-reactive ketones (excluding diaryl/α,β-unsaturated/α-hetero) is 1. The van der Waals surface area contributed by atoms with Crippen LogP contribution in [0.4, 0.5) is 11.4 Å². The van der Waals surface area contributed by atoms with Crippen molar-refractivity contribution in [2.75, 3.05) is 4.90 Å². The van der Waals surface area contributed by atoms with Gasteiger partial charge in [-0.25, -0.2) is 0 Å². The predicted molar refractivity (Wildman–Crippen MR) is 108 cm³/mol. The number of benzene rings is 2. The molecular formula is C19H14ClN3O3S. The summed E-state index contributed by atoms with van der Waals surface area (Å²) in [6.45, 7) is 1.47. The maximum atomic E-state index is 12.8. The Bertz CT molecular complexity index is 955. The van der Waals surface area contributed by atoms with E-state index < -0.39 is 17.7 Å². The van der Waals surface area contributed by atoms with Gasteiger partial charge in [0.15, 0.2) is 16.8 Å². The molecule has 0 radical (unpaired) electrons. The average Bonchev–Trinajstić information content (AvgIpc) is 2.63. The molecule has 1 N–H and O–H groups in total. The van der Waals surface area contributed by atoms with Gasteiger partial charge in [-0.15, -0.1) is 0 Å². The lowest BCUT2D eigenvalue weighted by atomic mass is 10.1. The van der Waals surface area contributed by atoms with Crippen LogP contribution in [-0.2, 0) is 9.59 Å². The number of amides is 2. The van der Waals surface area contributed by atoms with Gasteiger partial charge < -0.3 is 5.32 Å². The molecule has 6 nitrogen and oxygen atoms in total. The lowest BCUT2D eigenvalue weighted by Gasteiger charge is -2.30. The highest BCUT2D eigenvalue weighted by molar-refractivity contribution is 7.80. The zero-order chi connectivity index (χ0) is 19.6. The predicted octanol–water partition coefficient (Wildman–Crippen LogP) is 3.31. The van der Waals surface area contributed by atoms with Crippen LogP contribution in [0.1, 0.15) is 17.3 Å². The number of thiocarbonyl (C=S) groups is 1. The molecule has 2 aromatic rings. The second-order valence-electron chi connectivity index (χ2n) is 5.80. The fourth-order valence-electron chi connectivity index (χ4n) is 2.50. The molecule has 1 fully saturated rings. The van der Waals surface area contributed by atoms with Crippen molar-refractivity contribution in [1.29, 1.82) is 0 Å². The number of rotatable bonds is 4. The quantitative estimate of drug-likeness (QED) is 0.370. The molecule has 1 aliphatic heterocycles. The van der Waals surface area contributed by atoms with Gasteiger partial charge in [0.25, 0.3) is 5.91 Å². The summed E-state index contributed by atoms with van der Waals surface area (Å²) in [4.78, 5) is 41.7. The number of nitrogens with zero attached hydrogens (tertiary/aromatic N) is 2. The number of aliphatic imine (C=N–C) groups is 1. The number of anilines is 1. The number of nitrogens with one attached hydrogen (secondary N) is 1. The highest BCUT2D eigenvalue weighted by Crippen LogP contribution is 2.23. The van der Waals surface area contributed by atoms with Crippen LogP contribution in [0.15, 0.2) is 53.5 Å². The molecule has 1 heterocycles. The van der Waals surface area contributed by atoms with Crippen LogP contribution in [0.25, 0.3) is 0 Å². The van der Waals surface area contributed by atoms with Crippen LogP contribution in [0, 0.1) is 5.92 Å². The minimum Gasteiger partial charge on any atom is -0.301 e. The number of carbonyl (C=O) groups excluding carboxylic acids is 3. The third kappa shape index (κ3) is 4.10. The zero-order valence-corrected chi connectivity index (χ0v) is 15.8. The second kappa shape index (κ2) is 7.77. The van der Waals surface area contributed by atoms with E-state index >= 15 is 0 Å². The second-order valence-corrected chi connectivity index (χ2v) is 6.63. The summed E-state index contributed by atoms with van der Waals surface area (Å²) in [5, 5.41) is 3.03. The Kier molecular flexibility index (Phi) is 5.43. The maximum Gasteiger partial charge on any atom is 0.251 e. The van der Waals surface area contributed by atoms with Crippen LogP contribution in [0.2, 0.25) is 5.02 Å². The van der Waals surface area contributed by atoms with Crippen molar-refractivity contribution in [2.24, 2.45) is 10.9 Å². The summed E-state index contributed by atoms with van der Waals surface area (Å²) < 4.78 is 0. The Morgan fingerprint density at radius 2 is 1.78 bits per heavy atom. The van der Waals surface area contributed by atoms with E-state index in [0.717, 1.165) is 0 Å². The third-order valence-corrected chi connectivity index (χ3v) is 4.47. The van der Waals surface area contributed by atoms with Crippen LogP contribution in [0.3, 0.4) is 0 Å². The number of hydrogen-bond acceptors (Lipinski definition) is 5. The minimum atomic E-state index is -1.13. The summed E-state index contributed by atoms with van der Waals surface area (Å²) in [5.41, 5.74) is 1.57. The molecule has 0 bridgehead atoms. The molecule has 2 aromatic carbocycles. The van der Waals surface area contributed by atoms with E-state index in [1.54, 1.807) is 48.5 Å². The first-order valence-electron chi connectivity index (χ1n) is 7.96. The molecule has 1 atom stereocenters. The fourth-order valence-corrected chi connectivity index (χ4v) is 2.92. The van der Waals surface area contributed by atoms with E-state index in [9.17, 15) is 14.4 Å². The molecule has 136 valence electrons. The molecule has 8 heteroatoms. The summed E-state index contributed by atoms with van der Waals surface area (Å²) in [7, 11) is 0. The van der Waals surface area contributed by atoms with Crippen molar-refractivity contribution in [3.05, 3.63) is 59.1 Å². The topological polar surface area (TPSA) is 78.8 Å². The van der Waals surface area contributed by atoms with Gasteiger partial charge in [0.1, 0.15) is 0 Å². The number of halogens is 1. The molecule has 0 aliphatic carbocycles. The molecule has 0 spiro atoms. The van der Waals surface area contributed by atoms with Gasteiger partial charge in [0, 0.05) is 16.8 Å². The van der Waals surface area contributed by atoms with Crippen molar-refractivity contribution >= 4 is 64.1 Å². The number of hydrogen-bond donors (Lipinski definition) is 1. The lowest BCUT2D eigenvalue weighted by molar-refractivity contribution is -0.130. The molecule has 1 aliphatic rings. The largest absolute Gasteiger partial charge is 0.301 e. The summed E-state index contributed by atoms with van der Waals surface area (Å²) in [5.74, 6) is -2.23. The Labute approximate surface area is 165 Å². The van der Waals surface area contributed by atoms with Crippen molar-refractivity contribution in [3.8, 4) is 0 Å². The van der Waals surface area contributed by atoms with Gasteiger partial charge in [-0.3, -0.25) is 24.3 Å². The Morgan fingerprint density at radius 3 is 2.37 bits per heavy atom. The van der Waals surface area contributed by atoms with Crippen molar-refractivity contribution in [1.82, 2.24) is 5.32 Å². The van der Waals surface area contributed by atoms with Crippen LogP contribution >= 0.6 is 23.8 Å². The van der Waals surface area contributed by atoms with E-state index in [-0.39, 0.29) is 10.9 Å². The maximum absolute atomic E-state index is 12.8. The van der Waals surface area contributed by atoms with Crippen molar-refractivity contribution in [3.63, 3.8) is 0 Å². The molecule has 1 saturated heterocycles. The normalized spacial score (nSPS) is 17.3. The minimum absolute atomic E-state index is 0.00258. The van der Waals surface area contributed by atoms with Crippen LogP contribution < -0.4 is 10.2 Å². The highest BCUT2D eigenvalue weighted by atomic mass is 35.5. The first kappa shape index (κ1) is 18.9. The molecule has 27 heavy (non-hydrogen) atoms. The fraction of sp³-hybridized carbons (Fsp3) is 0.105. The van der Waals surface area contributed by atoms with Gasteiger partial charge in [-0.05, 0) is 67.7 Å². The van der Waals surface area contributed by atoms with Gasteiger partial charge in [-0.2, -0.15) is 0 Å². The summed E-state index contributed by atoms with van der Waals surface area (Å²) in [6, 6.07) is 13.1. The average molecular weight is 400 g/mol. The first-order valence-corrected chi connectivity index (χ1v) is 8.75. The SMILES string of the molecule is CC(=O)c1ccc(N=C[C@@H]2C(=O)NC(=S)N(c3ccc(Cl)cc3)C2=O)cc1. The highest BCUT2D eigenvalue weighted by Gasteiger charge is 2.38. The van der Waals surface area contributed by atoms with Crippen molar-refractivity contribution in [2.45, 2.75) is 6.92 Å². The lowest BCUT2D eigenvalue weighted by Crippen LogP contribution is -2.58. The summed E-state index contributed by atoms with van der Waals surface area (Å²) >= 11 is 11.0. The molecule has 0 saturated carbocycles. The number of carbonyl (C=O) groups is 3. The molecule has 3 rings (SSSR count). The third-order valence-electron chi connectivity index (χ3n) is 3.93. The van der Waals surface area contributed by atoms with E-state index in [2.05, 4.69) is 10.3 Å². The number of ketones is 1. The Morgan fingerprint density at radius 1 is 1.15 bits per heavy atom. The van der Waals surface area contributed by atoms with E-state index in [4.69, 9.17) is 23.8 Å². The van der Waals surface area contributed by atoms with Crippen LogP contribution in [0.5, 0.6) is 0 Å². The summed E-state index contributed by atoms with van der Waals surface area (Å²) in [6.07, 6.45) is 1.27. The molecular weight excluding hydrogens is 386 g/mol. The monoisotopic (exact) mass is 399 g/mol. The van der Waals surface area contributed by atoms with E-state index in [1.807, 2.05) is 0 Å². The molecule has 2 amide bonds. The Hall–Kier alpha value is -2.90.